The summed E-state index contributed by atoms with van der Waals surface area (Å²) in [5.74, 6) is 2.01. The maximum atomic E-state index is 10.9. The van der Waals surface area contributed by atoms with Crippen molar-refractivity contribution in [3.63, 3.8) is 0 Å². The third-order valence-electron chi connectivity index (χ3n) is 2.37. The van der Waals surface area contributed by atoms with E-state index in [1.807, 2.05) is 24.2 Å². The first kappa shape index (κ1) is 9.50. The molecule has 0 amide bonds. The van der Waals surface area contributed by atoms with Crippen molar-refractivity contribution in [2.75, 3.05) is 0 Å². The van der Waals surface area contributed by atoms with Gasteiger partial charge in [-0.1, -0.05) is 30.4 Å². The van der Waals surface area contributed by atoms with Crippen LogP contribution < -0.4 is 0 Å². The minimum atomic E-state index is 0.114. The minimum Gasteiger partial charge on any atom is -0.507 e. The second-order valence-electron chi connectivity index (χ2n) is 3.32. The van der Waals surface area contributed by atoms with Gasteiger partial charge in [0.05, 0.1) is 5.57 Å². The number of hydrogen-bond donors (Lipinski definition) is 1. The van der Waals surface area contributed by atoms with Crippen LogP contribution >= 0.6 is 0 Å². The Labute approximate surface area is 87.9 Å². The lowest BCUT2D eigenvalue weighted by atomic mass is 9.98. The zero-order valence-corrected chi connectivity index (χ0v) is 8.10. The molecule has 1 aliphatic carbocycles. The van der Waals surface area contributed by atoms with E-state index in [9.17, 15) is 9.90 Å². The number of hydrogen-bond acceptors (Lipinski definition) is 2. The van der Waals surface area contributed by atoms with Gasteiger partial charge in [0, 0.05) is 5.56 Å². The Morgan fingerprint density at radius 2 is 2.13 bits per heavy atom. The summed E-state index contributed by atoms with van der Waals surface area (Å²) in [5.41, 5.74) is 1.88. The van der Waals surface area contributed by atoms with Crippen molar-refractivity contribution in [1.29, 1.82) is 0 Å². The number of allylic oxidation sites excluding steroid dienone is 5. The molecule has 0 saturated carbocycles. The fourth-order valence-electron chi connectivity index (χ4n) is 1.61. The van der Waals surface area contributed by atoms with E-state index in [1.54, 1.807) is 24.3 Å². The van der Waals surface area contributed by atoms with Crippen LogP contribution in [0.2, 0.25) is 0 Å². The van der Waals surface area contributed by atoms with Crippen LogP contribution in [0, 0.1) is 0 Å². The third kappa shape index (κ3) is 1.76. The predicted octanol–water partition coefficient (Wildman–Crippen LogP) is 2.49. The summed E-state index contributed by atoms with van der Waals surface area (Å²) in [6, 6.07) is 6.79. The standard InChI is InChI=1S/C13H10O2/c14-9-12(10-5-1-2-6-10)11-7-3-4-8-13(11)15/h1-5,7-8,15H,6H2. The normalized spacial score (nSPS) is 13.5. The van der Waals surface area contributed by atoms with E-state index in [1.165, 1.54) is 0 Å². The smallest absolute Gasteiger partial charge is 0.133 e. The van der Waals surface area contributed by atoms with Crippen LogP contribution in [0.25, 0.3) is 5.57 Å². The highest BCUT2D eigenvalue weighted by atomic mass is 16.3. The van der Waals surface area contributed by atoms with Gasteiger partial charge in [-0.15, -0.1) is 0 Å². The maximum absolute atomic E-state index is 10.9. The molecule has 2 rings (SSSR count). The monoisotopic (exact) mass is 198 g/mol. The molecule has 0 heterocycles. The van der Waals surface area contributed by atoms with Gasteiger partial charge in [0.1, 0.15) is 11.7 Å². The molecule has 1 aromatic rings. The number of rotatable bonds is 2. The Morgan fingerprint density at radius 1 is 1.33 bits per heavy atom. The summed E-state index contributed by atoms with van der Waals surface area (Å²) in [4.78, 5) is 10.9. The SMILES string of the molecule is O=C=C(C1=CC=CC1)c1ccccc1O. The van der Waals surface area contributed by atoms with Gasteiger partial charge in [-0.2, -0.15) is 0 Å². The molecule has 0 atom stereocenters. The molecule has 1 N–H and O–H groups in total. The van der Waals surface area contributed by atoms with Gasteiger partial charge in [-0.3, -0.25) is 0 Å². The van der Waals surface area contributed by atoms with E-state index in [0.29, 0.717) is 11.1 Å². The summed E-state index contributed by atoms with van der Waals surface area (Å²) in [6.07, 6.45) is 6.45. The van der Waals surface area contributed by atoms with Gasteiger partial charge in [-0.05, 0) is 24.1 Å². The number of benzene rings is 1. The first-order chi connectivity index (χ1) is 7.33. The van der Waals surface area contributed by atoms with Crippen molar-refractivity contribution >= 4 is 11.5 Å². The minimum absolute atomic E-state index is 0.114. The fourth-order valence-corrected chi connectivity index (χ4v) is 1.61. The second-order valence-corrected chi connectivity index (χ2v) is 3.32. The van der Waals surface area contributed by atoms with Crippen LogP contribution in [0.3, 0.4) is 0 Å². The molecule has 0 unspecified atom stereocenters. The van der Waals surface area contributed by atoms with Crippen molar-refractivity contribution in [3.05, 3.63) is 53.6 Å². The quantitative estimate of drug-likeness (QED) is 0.741. The van der Waals surface area contributed by atoms with Gasteiger partial charge in [-0.25, -0.2) is 4.79 Å². The predicted molar refractivity (Wildman–Crippen MR) is 59.0 cm³/mol. The molecule has 0 spiro atoms. The molecule has 0 bridgehead atoms. The van der Waals surface area contributed by atoms with Gasteiger partial charge in [0.15, 0.2) is 0 Å². The number of carbonyl (C=O) groups excluding carboxylic acids is 1. The summed E-state index contributed by atoms with van der Waals surface area (Å²) >= 11 is 0. The van der Waals surface area contributed by atoms with E-state index >= 15 is 0 Å². The van der Waals surface area contributed by atoms with E-state index in [-0.39, 0.29) is 5.75 Å². The van der Waals surface area contributed by atoms with Crippen LogP contribution in [0.5, 0.6) is 5.75 Å². The van der Waals surface area contributed by atoms with Crippen molar-refractivity contribution in [1.82, 2.24) is 0 Å². The molecule has 1 aromatic carbocycles. The average Bonchev–Trinajstić information content (AvgIpc) is 2.75. The lowest BCUT2D eigenvalue weighted by molar-refractivity contribution is 0.473. The Balaban J connectivity index is 2.45. The van der Waals surface area contributed by atoms with Crippen molar-refractivity contribution in [2.24, 2.45) is 0 Å². The van der Waals surface area contributed by atoms with Crippen LogP contribution in [0.1, 0.15) is 12.0 Å². The Kier molecular flexibility index (Phi) is 2.53. The van der Waals surface area contributed by atoms with Gasteiger partial charge < -0.3 is 5.11 Å². The summed E-state index contributed by atoms with van der Waals surface area (Å²) in [7, 11) is 0. The summed E-state index contributed by atoms with van der Waals surface area (Å²) < 4.78 is 0. The molecule has 2 nitrogen and oxygen atoms in total. The highest BCUT2D eigenvalue weighted by Crippen LogP contribution is 2.31. The summed E-state index contributed by atoms with van der Waals surface area (Å²) in [6.45, 7) is 0. The molecule has 0 saturated heterocycles. The Bertz CT molecular complexity index is 489. The van der Waals surface area contributed by atoms with E-state index < -0.39 is 0 Å². The van der Waals surface area contributed by atoms with E-state index in [2.05, 4.69) is 0 Å². The van der Waals surface area contributed by atoms with Gasteiger partial charge >= 0.3 is 0 Å². The van der Waals surface area contributed by atoms with Crippen LogP contribution in [-0.4, -0.2) is 11.0 Å². The fraction of sp³-hybridized carbons (Fsp3) is 0.0769. The molecule has 0 fully saturated rings. The number of para-hydroxylation sites is 1. The molecule has 15 heavy (non-hydrogen) atoms. The highest BCUT2D eigenvalue weighted by Gasteiger charge is 2.13. The van der Waals surface area contributed by atoms with E-state index in [4.69, 9.17) is 0 Å². The molecule has 0 radical (unpaired) electrons. The molecular weight excluding hydrogens is 188 g/mol. The Morgan fingerprint density at radius 3 is 2.73 bits per heavy atom. The zero-order valence-electron chi connectivity index (χ0n) is 8.10. The van der Waals surface area contributed by atoms with Gasteiger partial charge in [0.2, 0.25) is 0 Å². The number of phenolic OH excluding ortho intramolecular Hbond substituents is 1. The van der Waals surface area contributed by atoms with Crippen LogP contribution in [0.15, 0.2) is 48.1 Å². The topological polar surface area (TPSA) is 37.3 Å². The number of phenols is 1. The molecule has 1 aliphatic rings. The molecular formula is C13H10O2. The second kappa shape index (κ2) is 3.99. The van der Waals surface area contributed by atoms with Crippen molar-refractivity contribution < 1.29 is 9.90 Å². The first-order valence-corrected chi connectivity index (χ1v) is 4.72. The molecule has 74 valence electrons. The molecule has 2 heteroatoms. The molecule has 0 aliphatic heterocycles. The molecule has 0 aromatic heterocycles. The average molecular weight is 198 g/mol. The zero-order chi connectivity index (χ0) is 10.7. The Hall–Kier alpha value is -2.05. The van der Waals surface area contributed by atoms with Crippen molar-refractivity contribution in [2.45, 2.75) is 6.42 Å². The summed E-state index contributed by atoms with van der Waals surface area (Å²) in [5, 5.41) is 9.63. The first-order valence-electron chi connectivity index (χ1n) is 4.72. The van der Waals surface area contributed by atoms with E-state index in [0.717, 1.165) is 12.0 Å². The lowest BCUT2D eigenvalue weighted by Gasteiger charge is -2.06. The van der Waals surface area contributed by atoms with Crippen molar-refractivity contribution in [3.8, 4) is 5.75 Å². The maximum Gasteiger partial charge on any atom is 0.133 e. The number of aromatic hydroxyl groups is 1. The van der Waals surface area contributed by atoms with Crippen LogP contribution in [0.4, 0.5) is 0 Å². The largest absolute Gasteiger partial charge is 0.507 e. The lowest BCUT2D eigenvalue weighted by Crippen LogP contribution is -1.89. The van der Waals surface area contributed by atoms with Crippen LogP contribution in [-0.2, 0) is 4.79 Å². The highest BCUT2D eigenvalue weighted by molar-refractivity contribution is 5.98. The third-order valence-corrected chi connectivity index (χ3v) is 2.37. The van der Waals surface area contributed by atoms with Gasteiger partial charge in [0.25, 0.3) is 0 Å².